The highest BCUT2D eigenvalue weighted by molar-refractivity contribution is 5.79. The molecule has 0 N–H and O–H groups in total. The summed E-state index contributed by atoms with van der Waals surface area (Å²) in [4.78, 5) is 13.3. The number of methoxy groups -OCH3 is 1. The van der Waals surface area contributed by atoms with Crippen LogP contribution in [0, 0.1) is 17.2 Å². The minimum Gasteiger partial charge on any atom is -0.493 e. The van der Waals surface area contributed by atoms with Gasteiger partial charge in [-0.3, -0.25) is 4.79 Å². The Labute approximate surface area is 112 Å². The first-order valence-corrected chi connectivity index (χ1v) is 6.18. The molecule has 1 unspecified atom stereocenters. The predicted octanol–water partition coefficient (Wildman–Crippen LogP) is 1.45. The number of benzene rings is 1. The number of hydrogen-bond acceptors (Lipinski definition) is 4. The zero-order valence-electron chi connectivity index (χ0n) is 10.8. The van der Waals surface area contributed by atoms with Crippen molar-refractivity contribution in [3.63, 3.8) is 0 Å². The highest BCUT2D eigenvalue weighted by Crippen LogP contribution is 2.25. The van der Waals surface area contributed by atoms with E-state index in [4.69, 9.17) is 14.7 Å². The van der Waals surface area contributed by atoms with E-state index in [2.05, 4.69) is 6.07 Å². The van der Waals surface area contributed by atoms with E-state index in [1.807, 2.05) is 24.3 Å². The number of carbonyl (C=O) groups is 1. The number of ether oxygens (including phenoxy) is 2. The summed E-state index contributed by atoms with van der Waals surface area (Å²) in [7, 11) is 1.59. The van der Waals surface area contributed by atoms with Crippen LogP contribution >= 0.6 is 0 Å². The first kappa shape index (κ1) is 13.2. The molecular weight excluding hydrogens is 244 g/mol. The number of nitriles is 1. The summed E-state index contributed by atoms with van der Waals surface area (Å²) in [6.45, 7) is 1.39. The van der Waals surface area contributed by atoms with Crippen molar-refractivity contribution in [1.29, 1.82) is 5.26 Å². The van der Waals surface area contributed by atoms with Crippen LogP contribution in [0.5, 0.6) is 11.5 Å². The van der Waals surface area contributed by atoms with Crippen molar-refractivity contribution in [2.24, 2.45) is 5.92 Å². The van der Waals surface area contributed by atoms with E-state index < -0.39 is 0 Å². The van der Waals surface area contributed by atoms with E-state index in [9.17, 15) is 4.79 Å². The monoisotopic (exact) mass is 260 g/mol. The number of para-hydroxylation sites is 2. The van der Waals surface area contributed by atoms with Crippen molar-refractivity contribution in [3.8, 4) is 17.6 Å². The second kappa shape index (κ2) is 6.10. The summed E-state index contributed by atoms with van der Waals surface area (Å²) in [5.74, 6) is 1.17. The molecule has 1 aliphatic rings. The Morgan fingerprint density at radius 3 is 2.79 bits per heavy atom. The van der Waals surface area contributed by atoms with Gasteiger partial charge in [0.05, 0.1) is 25.6 Å². The van der Waals surface area contributed by atoms with Crippen molar-refractivity contribution in [2.75, 3.05) is 26.8 Å². The normalized spacial score (nSPS) is 18.2. The summed E-state index contributed by atoms with van der Waals surface area (Å²) in [6, 6.07) is 9.50. The SMILES string of the molecule is COc1ccccc1OCCN1CC(C#N)CC1=O. The molecule has 1 amide bonds. The molecule has 0 aromatic heterocycles. The Hall–Kier alpha value is -2.22. The fraction of sp³-hybridized carbons (Fsp3) is 0.429. The van der Waals surface area contributed by atoms with Gasteiger partial charge in [-0.15, -0.1) is 0 Å². The quantitative estimate of drug-likeness (QED) is 0.803. The topological polar surface area (TPSA) is 62.6 Å². The molecule has 1 fully saturated rings. The van der Waals surface area contributed by atoms with Gasteiger partial charge in [0.15, 0.2) is 11.5 Å². The molecule has 1 aliphatic heterocycles. The molecule has 1 saturated heterocycles. The third-order valence-electron chi connectivity index (χ3n) is 3.08. The molecule has 5 nitrogen and oxygen atoms in total. The van der Waals surface area contributed by atoms with Crippen molar-refractivity contribution in [3.05, 3.63) is 24.3 Å². The molecule has 100 valence electrons. The van der Waals surface area contributed by atoms with Gasteiger partial charge in [0.1, 0.15) is 6.61 Å². The van der Waals surface area contributed by atoms with Crippen LogP contribution in [0.25, 0.3) is 0 Å². The molecule has 5 heteroatoms. The zero-order valence-corrected chi connectivity index (χ0v) is 10.8. The van der Waals surface area contributed by atoms with Crippen LogP contribution in [0.2, 0.25) is 0 Å². The first-order valence-electron chi connectivity index (χ1n) is 6.18. The summed E-state index contributed by atoms with van der Waals surface area (Å²) >= 11 is 0. The molecule has 0 aliphatic carbocycles. The molecule has 0 bridgehead atoms. The number of rotatable bonds is 5. The van der Waals surface area contributed by atoms with Crippen LogP contribution in [-0.2, 0) is 4.79 Å². The second-order valence-electron chi connectivity index (χ2n) is 4.37. The molecule has 2 rings (SSSR count). The van der Waals surface area contributed by atoms with E-state index in [1.165, 1.54) is 0 Å². The van der Waals surface area contributed by atoms with Crippen molar-refractivity contribution in [1.82, 2.24) is 4.90 Å². The van der Waals surface area contributed by atoms with E-state index >= 15 is 0 Å². The lowest BCUT2D eigenvalue weighted by atomic mass is 10.1. The fourth-order valence-corrected chi connectivity index (χ4v) is 2.08. The molecule has 0 radical (unpaired) electrons. The molecule has 19 heavy (non-hydrogen) atoms. The van der Waals surface area contributed by atoms with Gasteiger partial charge in [0.2, 0.25) is 5.91 Å². The lowest BCUT2D eigenvalue weighted by Crippen LogP contribution is -2.29. The molecule has 0 spiro atoms. The maximum Gasteiger partial charge on any atom is 0.224 e. The Morgan fingerprint density at radius 2 is 2.16 bits per heavy atom. The van der Waals surface area contributed by atoms with Crippen LogP contribution in [-0.4, -0.2) is 37.6 Å². The molecule has 0 saturated carbocycles. The van der Waals surface area contributed by atoms with Crippen molar-refractivity contribution >= 4 is 5.91 Å². The van der Waals surface area contributed by atoms with Gasteiger partial charge >= 0.3 is 0 Å². The van der Waals surface area contributed by atoms with Gasteiger partial charge in [-0.2, -0.15) is 5.26 Å². The third kappa shape index (κ3) is 3.16. The van der Waals surface area contributed by atoms with Crippen molar-refractivity contribution in [2.45, 2.75) is 6.42 Å². The van der Waals surface area contributed by atoms with Crippen LogP contribution in [0.15, 0.2) is 24.3 Å². The van der Waals surface area contributed by atoms with Crippen LogP contribution < -0.4 is 9.47 Å². The lowest BCUT2D eigenvalue weighted by Gasteiger charge is -2.16. The predicted molar refractivity (Wildman–Crippen MR) is 68.8 cm³/mol. The standard InChI is InChI=1S/C14H16N2O3/c1-18-12-4-2-3-5-13(12)19-7-6-16-10-11(9-15)8-14(16)17/h2-5,11H,6-8,10H2,1H3. The van der Waals surface area contributed by atoms with Gasteiger partial charge in [0.25, 0.3) is 0 Å². The van der Waals surface area contributed by atoms with Gasteiger partial charge in [-0.05, 0) is 12.1 Å². The van der Waals surface area contributed by atoms with Crippen LogP contribution in [0.3, 0.4) is 0 Å². The van der Waals surface area contributed by atoms with Crippen LogP contribution in [0.4, 0.5) is 0 Å². The smallest absolute Gasteiger partial charge is 0.224 e. The summed E-state index contributed by atoms with van der Waals surface area (Å²) < 4.78 is 10.8. The highest BCUT2D eigenvalue weighted by atomic mass is 16.5. The van der Waals surface area contributed by atoms with E-state index in [-0.39, 0.29) is 11.8 Å². The van der Waals surface area contributed by atoms with Gasteiger partial charge in [-0.25, -0.2) is 0 Å². The Balaban J connectivity index is 1.84. The molecule has 1 aromatic carbocycles. The van der Waals surface area contributed by atoms with Gasteiger partial charge in [0, 0.05) is 13.0 Å². The summed E-state index contributed by atoms with van der Waals surface area (Å²) in [6.07, 6.45) is 0.325. The minimum absolute atomic E-state index is 0.0233. The second-order valence-corrected chi connectivity index (χ2v) is 4.37. The van der Waals surface area contributed by atoms with Gasteiger partial charge in [-0.1, -0.05) is 12.1 Å². The minimum atomic E-state index is -0.182. The first-order chi connectivity index (χ1) is 9.24. The lowest BCUT2D eigenvalue weighted by molar-refractivity contribution is -0.128. The number of carbonyl (C=O) groups excluding carboxylic acids is 1. The maximum absolute atomic E-state index is 11.6. The van der Waals surface area contributed by atoms with E-state index in [0.29, 0.717) is 37.6 Å². The van der Waals surface area contributed by atoms with Gasteiger partial charge < -0.3 is 14.4 Å². The summed E-state index contributed by atoms with van der Waals surface area (Å²) in [5, 5.41) is 8.80. The Morgan fingerprint density at radius 1 is 1.42 bits per heavy atom. The molecule has 1 atom stereocenters. The average Bonchev–Trinajstić information content (AvgIpc) is 2.80. The van der Waals surface area contributed by atoms with E-state index in [0.717, 1.165) is 0 Å². The Bertz CT molecular complexity index is 496. The number of nitrogens with zero attached hydrogens (tertiary/aromatic N) is 2. The maximum atomic E-state index is 11.6. The third-order valence-corrected chi connectivity index (χ3v) is 3.08. The average molecular weight is 260 g/mol. The fourth-order valence-electron chi connectivity index (χ4n) is 2.08. The number of amides is 1. The van der Waals surface area contributed by atoms with Crippen LogP contribution in [0.1, 0.15) is 6.42 Å². The molecule has 1 heterocycles. The number of hydrogen-bond donors (Lipinski definition) is 0. The summed E-state index contributed by atoms with van der Waals surface area (Å²) in [5.41, 5.74) is 0. The molecular formula is C14H16N2O3. The van der Waals surface area contributed by atoms with Crippen molar-refractivity contribution < 1.29 is 14.3 Å². The highest BCUT2D eigenvalue weighted by Gasteiger charge is 2.29. The Kier molecular flexibility index (Phi) is 4.24. The number of likely N-dealkylation sites (tertiary alicyclic amines) is 1. The van der Waals surface area contributed by atoms with E-state index in [1.54, 1.807) is 12.0 Å². The molecule has 1 aromatic rings. The zero-order chi connectivity index (χ0) is 13.7. The largest absolute Gasteiger partial charge is 0.493 e.